The van der Waals surface area contributed by atoms with Crippen molar-refractivity contribution in [2.75, 3.05) is 13.7 Å². The van der Waals surface area contributed by atoms with Crippen LogP contribution in [0.3, 0.4) is 0 Å². The van der Waals surface area contributed by atoms with Crippen LogP contribution in [0.2, 0.25) is 0 Å². The maximum Gasteiger partial charge on any atom is 0.124 e. The van der Waals surface area contributed by atoms with Crippen LogP contribution in [0.1, 0.15) is 33.9 Å². The van der Waals surface area contributed by atoms with Gasteiger partial charge in [0, 0.05) is 12.1 Å². The Kier molecular flexibility index (Phi) is 3.60. The summed E-state index contributed by atoms with van der Waals surface area (Å²) >= 11 is 0. The van der Waals surface area contributed by atoms with Crippen molar-refractivity contribution < 1.29 is 9.84 Å². The molecule has 3 nitrogen and oxygen atoms in total. The summed E-state index contributed by atoms with van der Waals surface area (Å²) in [4.78, 5) is 0. The highest BCUT2D eigenvalue weighted by molar-refractivity contribution is 5.52. The Bertz CT molecular complexity index is 679. The van der Waals surface area contributed by atoms with Gasteiger partial charge in [-0.3, -0.25) is 0 Å². The first-order valence-electron chi connectivity index (χ1n) is 7.30. The fourth-order valence-corrected chi connectivity index (χ4v) is 3.28. The van der Waals surface area contributed by atoms with Crippen LogP contribution in [0.5, 0.6) is 11.5 Å². The molecule has 1 heterocycles. The quantitative estimate of drug-likeness (QED) is 0.889. The second-order valence-corrected chi connectivity index (χ2v) is 5.72. The molecule has 3 rings (SSSR count). The molecule has 0 radical (unpaired) electrons. The molecule has 3 heteroatoms. The molecule has 0 aromatic heterocycles. The van der Waals surface area contributed by atoms with Crippen LogP contribution < -0.4 is 10.1 Å². The Morgan fingerprint density at radius 3 is 2.76 bits per heavy atom. The number of rotatable bonds is 2. The van der Waals surface area contributed by atoms with Gasteiger partial charge >= 0.3 is 0 Å². The molecular formula is C18H21NO2. The Hall–Kier alpha value is -2.00. The molecule has 2 aromatic rings. The molecule has 0 amide bonds. The molecule has 1 aliphatic heterocycles. The fourth-order valence-electron chi connectivity index (χ4n) is 3.28. The second kappa shape index (κ2) is 5.41. The minimum atomic E-state index is 0.0661. The summed E-state index contributed by atoms with van der Waals surface area (Å²) in [6.07, 6.45) is 0.985. The minimum Gasteiger partial charge on any atom is -0.508 e. The van der Waals surface area contributed by atoms with Crippen molar-refractivity contribution >= 4 is 0 Å². The summed E-state index contributed by atoms with van der Waals surface area (Å²) in [5, 5.41) is 13.4. The molecule has 0 bridgehead atoms. The van der Waals surface area contributed by atoms with Crippen LogP contribution in [0.25, 0.3) is 0 Å². The van der Waals surface area contributed by atoms with E-state index in [-0.39, 0.29) is 6.04 Å². The number of fused-ring (bicyclic) bond motifs is 1. The van der Waals surface area contributed by atoms with Crippen LogP contribution in [0, 0.1) is 13.8 Å². The van der Waals surface area contributed by atoms with E-state index < -0.39 is 0 Å². The lowest BCUT2D eigenvalue weighted by atomic mass is 9.86. The van der Waals surface area contributed by atoms with Gasteiger partial charge in [-0.25, -0.2) is 0 Å². The third kappa shape index (κ3) is 2.49. The molecule has 0 aliphatic carbocycles. The molecule has 1 atom stereocenters. The first-order valence-corrected chi connectivity index (χ1v) is 7.30. The molecule has 0 saturated heterocycles. The molecular weight excluding hydrogens is 262 g/mol. The topological polar surface area (TPSA) is 41.5 Å². The van der Waals surface area contributed by atoms with E-state index in [2.05, 4.69) is 31.3 Å². The summed E-state index contributed by atoms with van der Waals surface area (Å²) in [5.74, 6) is 1.22. The zero-order valence-electron chi connectivity index (χ0n) is 12.7. The number of phenolic OH excluding ortho intramolecular Hbond substituents is 1. The van der Waals surface area contributed by atoms with Crippen LogP contribution in [0.15, 0.2) is 30.3 Å². The van der Waals surface area contributed by atoms with Gasteiger partial charge < -0.3 is 15.2 Å². The highest BCUT2D eigenvalue weighted by Gasteiger charge is 2.26. The van der Waals surface area contributed by atoms with Crippen molar-refractivity contribution in [3.8, 4) is 11.5 Å². The molecule has 21 heavy (non-hydrogen) atoms. The monoisotopic (exact) mass is 283 g/mol. The number of hydrogen-bond acceptors (Lipinski definition) is 3. The first-order chi connectivity index (χ1) is 10.1. The Labute approximate surface area is 125 Å². The maximum absolute atomic E-state index is 9.83. The number of phenols is 1. The summed E-state index contributed by atoms with van der Waals surface area (Å²) in [6.45, 7) is 5.12. The highest BCUT2D eigenvalue weighted by atomic mass is 16.5. The summed E-state index contributed by atoms with van der Waals surface area (Å²) in [7, 11) is 1.71. The van der Waals surface area contributed by atoms with E-state index in [1.165, 1.54) is 16.7 Å². The molecule has 2 aromatic carbocycles. The van der Waals surface area contributed by atoms with Crippen molar-refractivity contribution in [1.29, 1.82) is 0 Å². The zero-order valence-corrected chi connectivity index (χ0v) is 12.7. The number of aromatic hydroxyl groups is 1. The van der Waals surface area contributed by atoms with Gasteiger partial charge in [-0.1, -0.05) is 12.1 Å². The molecule has 1 aliphatic rings. The summed E-state index contributed by atoms with van der Waals surface area (Å²) < 4.78 is 5.60. The van der Waals surface area contributed by atoms with Crippen molar-refractivity contribution in [3.05, 3.63) is 58.1 Å². The van der Waals surface area contributed by atoms with Gasteiger partial charge in [-0.05, 0) is 60.7 Å². The van der Waals surface area contributed by atoms with Gasteiger partial charge in [0.25, 0.3) is 0 Å². The Morgan fingerprint density at radius 2 is 2.00 bits per heavy atom. The highest BCUT2D eigenvalue weighted by Crippen LogP contribution is 2.38. The third-order valence-electron chi connectivity index (χ3n) is 4.19. The van der Waals surface area contributed by atoms with E-state index in [9.17, 15) is 5.11 Å². The van der Waals surface area contributed by atoms with E-state index in [0.29, 0.717) is 5.75 Å². The van der Waals surface area contributed by atoms with Gasteiger partial charge in [0.1, 0.15) is 11.5 Å². The van der Waals surface area contributed by atoms with Crippen LogP contribution in [-0.4, -0.2) is 18.8 Å². The van der Waals surface area contributed by atoms with Gasteiger partial charge in [0.05, 0.1) is 13.2 Å². The SMILES string of the molecule is COc1cc(C)cc(C)c1C1NCCc2ccc(O)cc21. The van der Waals surface area contributed by atoms with Gasteiger partial charge in [0.15, 0.2) is 0 Å². The lowest BCUT2D eigenvalue weighted by Gasteiger charge is -2.30. The molecule has 1 unspecified atom stereocenters. The molecule has 0 spiro atoms. The number of benzene rings is 2. The molecule has 2 N–H and O–H groups in total. The number of ether oxygens (including phenoxy) is 1. The molecule has 0 fully saturated rings. The molecule has 110 valence electrons. The first kappa shape index (κ1) is 14.0. The van der Waals surface area contributed by atoms with E-state index in [1.807, 2.05) is 12.1 Å². The fraction of sp³-hybridized carbons (Fsp3) is 0.333. The van der Waals surface area contributed by atoms with Gasteiger partial charge in [-0.15, -0.1) is 0 Å². The average Bonchev–Trinajstić information content (AvgIpc) is 2.46. The summed E-state index contributed by atoms with van der Waals surface area (Å²) in [6, 6.07) is 9.97. The predicted octanol–water partition coefficient (Wildman–Crippen LogP) is 3.25. The lowest BCUT2D eigenvalue weighted by molar-refractivity contribution is 0.401. The van der Waals surface area contributed by atoms with E-state index in [4.69, 9.17) is 4.74 Å². The second-order valence-electron chi connectivity index (χ2n) is 5.72. The average molecular weight is 283 g/mol. The Morgan fingerprint density at radius 1 is 1.19 bits per heavy atom. The van der Waals surface area contributed by atoms with Crippen molar-refractivity contribution in [2.24, 2.45) is 0 Å². The lowest BCUT2D eigenvalue weighted by Crippen LogP contribution is -2.31. The largest absolute Gasteiger partial charge is 0.508 e. The van der Waals surface area contributed by atoms with E-state index in [0.717, 1.165) is 29.8 Å². The minimum absolute atomic E-state index is 0.0661. The maximum atomic E-state index is 9.83. The van der Waals surface area contributed by atoms with Gasteiger partial charge in [-0.2, -0.15) is 0 Å². The van der Waals surface area contributed by atoms with E-state index in [1.54, 1.807) is 13.2 Å². The van der Waals surface area contributed by atoms with Crippen molar-refractivity contribution in [1.82, 2.24) is 5.32 Å². The number of methoxy groups -OCH3 is 1. The molecule has 0 saturated carbocycles. The van der Waals surface area contributed by atoms with Crippen LogP contribution >= 0.6 is 0 Å². The Balaban J connectivity index is 2.17. The predicted molar refractivity (Wildman–Crippen MR) is 84.1 cm³/mol. The number of aryl methyl sites for hydroxylation is 2. The standard InChI is InChI=1S/C18H21NO2/c1-11-8-12(2)17(16(9-11)21-3)18-15-10-14(20)5-4-13(15)6-7-19-18/h4-5,8-10,18-20H,6-7H2,1-3H3. The van der Waals surface area contributed by atoms with E-state index >= 15 is 0 Å². The van der Waals surface area contributed by atoms with Crippen molar-refractivity contribution in [3.63, 3.8) is 0 Å². The normalized spacial score (nSPS) is 17.4. The van der Waals surface area contributed by atoms with Crippen LogP contribution in [0.4, 0.5) is 0 Å². The van der Waals surface area contributed by atoms with Crippen molar-refractivity contribution in [2.45, 2.75) is 26.3 Å². The zero-order chi connectivity index (χ0) is 15.0. The smallest absolute Gasteiger partial charge is 0.124 e. The third-order valence-corrected chi connectivity index (χ3v) is 4.19. The number of hydrogen-bond donors (Lipinski definition) is 2. The van der Waals surface area contributed by atoms with Gasteiger partial charge in [0.2, 0.25) is 0 Å². The number of nitrogens with one attached hydrogen (secondary N) is 1. The van der Waals surface area contributed by atoms with Crippen LogP contribution in [-0.2, 0) is 6.42 Å². The summed E-state index contributed by atoms with van der Waals surface area (Å²) in [5.41, 5.74) is 6.00.